The SMILES string of the molecule is O=C(OCC(Cc1ccccc1)=NO)c1ccccc1. The van der Waals surface area contributed by atoms with Gasteiger partial charge in [0, 0.05) is 6.42 Å². The van der Waals surface area contributed by atoms with E-state index in [2.05, 4.69) is 5.16 Å². The number of benzene rings is 2. The number of carbonyl (C=O) groups is 1. The molecule has 0 bridgehead atoms. The van der Waals surface area contributed by atoms with Crippen molar-refractivity contribution in [1.82, 2.24) is 0 Å². The molecule has 0 saturated carbocycles. The van der Waals surface area contributed by atoms with Crippen molar-refractivity contribution < 1.29 is 14.7 Å². The Morgan fingerprint density at radius 1 is 1.00 bits per heavy atom. The molecule has 0 atom stereocenters. The van der Waals surface area contributed by atoms with Gasteiger partial charge < -0.3 is 9.94 Å². The molecule has 2 rings (SSSR count). The molecule has 0 heterocycles. The smallest absolute Gasteiger partial charge is 0.338 e. The third-order valence-electron chi connectivity index (χ3n) is 2.77. The molecular weight excluding hydrogens is 254 g/mol. The largest absolute Gasteiger partial charge is 0.456 e. The number of esters is 1. The van der Waals surface area contributed by atoms with E-state index >= 15 is 0 Å². The van der Waals surface area contributed by atoms with Crippen LogP contribution in [0.15, 0.2) is 65.8 Å². The predicted octanol–water partition coefficient (Wildman–Crippen LogP) is 2.92. The highest BCUT2D eigenvalue weighted by atomic mass is 16.5. The second kappa shape index (κ2) is 7.09. The molecular formula is C16H15NO3. The summed E-state index contributed by atoms with van der Waals surface area (Å²) in [6, 6.07) is 18.3. The van der Waals surface area contributed by atoms with Crippen LogP contribution in [0.4, 0.5) is 0 Å². The molecule has 0 aliphatic heterocycles. The van der Waals surface area contributed by atoms with Crippen molar-refractivity contribution in [1.29, 1.82) is 0 Å². The van der Waals surface area contributed by atoms with Crippen LogP contribution >= 0.6 is 0 Å². The number of hydrogen-bond donors (Lipinski definition) is 1. The summed E-state index contributed by atoms with van der Waals surface area (Å²) in [5.74, 6) is -0.431. The van der Waals surface area contributed by atoms with Crippen molar-refractivity contribution in [2.45, 2.75) is 6.42 Å². The molecule has 0 spiro atoms. The number of hydrogen-bond acceptors (Lipinski definition) is 4. The van der Waals surface area contributed by atoms with Crippen LogP contribution in [0.25, 0.3) is 0 Å². The Bertz CT molecular complexity index is 579. The van der Waals surface area contributed by atoms with E-state index in [0.717, 1.165) is 5.56 Å². The van der Waals surface area contributed by atoms with E-state index in [0.29, 0.717) is 17.7 Å². The molecule has 20 heavy (non-hydrogen) atoms. The van der Waals surface area contributed by atoms with Crippen LogP contribution in [0, 0.1) is 0 Å². The maximum absolute atomic E-state index is 11.8. The van der Waals surface area contributed by atoms with E-state index in [9.17, 15) is 4.79 Å². The molecule has 102 valence electrons. The number of rotatable bonds is 5. The third kappa shape index (κ3) is 3.95. The van der Waals surface area contributed by atoms with E-state index in [1.54, 1.807) is 24.3 Å². The van der Waals surface area contributed by atoms with Crippen molar-refractivity contribution in [2.24, 2.45) is 5.16 Å². The van der Waals surface area contributed by atoms with Crippen LogP contribution in [0.5, 0.6) is 0 Å². The lowest BCUT2D eigenvalue weighted by molar-refractivity contribution is 0.0560. The highest BCUT2D eigenvalue weighted by molar-refractivity contribution is 5.93. The normalized spacial score (nSPS) is 11.1. The maximum Gasteiger partial charge on any atom is 0.338 e. The van der Waals surface area contributed by atoms with Gasteiger partial charge in [-0.05, 0) is 17.7 Å². The summed E-state index contributed by atoms with van der Waals surface area (Å²) >= 11 is 0. The lowest BCUT2D eigenvalue weighted by atomic mass is 10.1. The van der Waals surface area contributed by atoms with Gasteiger partial charge in [-0.25, -0.2) is 4.79 Å². The second-order valence-electron chi connectivity index (χ2n) is 4.27. The van der Waals surface area contributed by atoms with Gasteiger partial charge in [-0.2, -0.15) is 0 Å². The minimum Gasteiger partial charge on any atom is -0.456 e. The summed E-state index contributed by atoms with van der Waals surface area (Å²) in [6.07, 6.45) is 0.444. The summed E-state index contributed by atoms with van der Waals surface area (Å²) in [5.41, 5.74) is 1.88. The van der Waals surface area contributed by atoms with Gasteiger partial charge in [0.25, 0.3) is 0 Å². The lowest BCUT2D eigenvalue weighted by Gasteiger charge is -2.06. The average Bonchev–Trinajstić information content (AvgIpc) is 2.53. The molecule has 0 aromatic heterocycles. The highest BCUT2D eigenvalue weighted by Crippen LogP contribution is 2.04. The molecule has 0 aliphatic rings. The van der Waals surface area contributed by atoms with E-state index in [4.69, 9.17) is 9.94 Å². The maximum atomic E-state index is 11.8. The Kier molecular flexibility index (Phi) is 4.89. The Labute approximate surface area is 117 Å². The first-order valence-electron chi connectivity index (χ1n) is 6.25. The topological polar surface area (TPSA) is 58.9 Å². The van der Waals surface area contributed by atoms with Crippen molar-refractivity contribution in [3.05, 3.63) is 71.8 Å². The fourth-order valence-electron chi connectivity index (χ4n) is 1.75. The number of nitrogens with zero attached hydrogens (tertiary/aromatic N) is 1. The van der Waals surface area contributed by atoms with Crippen LogP contribution in [0.2, 0.25) is 0 Å². The van der Waals surface area contributed by atoms with Gasteiger partial charge in [0.15, 0.2) is 0 Å². The van der Waals surface area contributed by atoms with Crippen LogP contribution in [-0.4, -0.2) is 23.5 Å². The van der Waals surface area contributed by atoms with E-state index in [1.807, 2.05) is 36.4 Å². The van der Waals surface area contributed by atoms with Gasteiger partial charge in [-0.3, -0.25) is 0 Å². The Morgan fingerprint density at radius 2 is 1.60 bits per heavy atom. The first kappa shape index (κ1) is 13.8. The molecule has 0 saturated heterocycles. The Balaban J connectivity index is 1.90. The molecule has 0 unspecified atom stereocenters. The van der Waals surface area contributed by atoms with E-state index in [1.165, 1.54) is 0 Å². The van der Waals surface area contributed by atoms with Crippen LogP contribution in [0.3, 0.4) is 0 Å². The van der Waals surface area contributed by atoms with Gasteiger partial charge >= 0.3 is 5.97 Å². The Hall–Kier alpha value is -2.62. The second-order valence-corrected chi connectivity index (χ2v) is 4.27. The molecule has 2 aromatic rings. The van der Waals surface area contributed by atoms with Crippen LogP contribution < -0.4 is 0 Å². The minimum atomic E-state index is -0.431. The zero-order valence-corrected chi connectivity index (χ0v) is 10.9. The standard InChI is InChI=1S/C16H15NO3/c18-16(14-9-5-2-6-10-14)20-12-15(17-19)11-13-7-3-1-4-8-13/h1-10,19H,11-12H2. The highest BCUT2D eigenvalue weighted by Gasteiger charge is 2.09. The van der Waals surface area contributed by atoms with Gasteiger partial charge in [-0.1, -0.05) is 53.7 Å². The first-order chi connectivity index (χ1) is 9.79. The first-order valence-corrected chi connectivity index (χ1v) is 6.25. The number of carbonyl (C=O) groups excluding carboxylic acids is 1. The van der Waals surface area contributed by atoms with Crippen molar-refractivity contribution in [3.63, 3.8) is 0 Å². The third-order valence-corrected chi connectivity index (χ3v) is 2.77. The minimum absolute atomic E-state index is 0.0286. The monoisotopic (exact) mass is 269 g/mol. The summed E-state index contributed by atoms with van der Waals surface area (Å²) in [7, 11) is 0. The fraction of sp³-hybridized carbons (Fsp3) is 0.125. The molecule has 4 heteroatoms. The molecule has 2 aromatic carbocycles. The number of ether oxygens (including phenoxy) is 1. The quantitative estimate of drug-likeness (QED) is 0.393. The molecule has 0 fully saturated rings. The summed E-state index contributed by atoms with van der Waals surface area (Å²) in [4.78, 5) is 11.8. The van der Waals surface area contributed by atoms with Gasteiger partial charge in [0.2, 0.25) is 0 Å². The van der Waals surface area contributed by atoms with Crippen molar-refractivity contribution in [3.8, 4) is 0 Å². The zero-order valence-electron chi connectivity index (χ0n) is 10.9. The number of oxime groups is 1. The zero-order chi connectivity index (χ0) is 14.2. The molecule has 1 N–H and O–H groups in total. The van der Waals surface area contributed by atoms with Gasteiger partial charge in [0.1, 0.15) is 6.61 Å². The summed E-state index contributed by atoms with van der Waals surface area (Å²) in [6.45, 7) is -0.0286. The molecule has 0 radical (unpaired) electrons. The van der Waals surface area contributed by atoms with E-state index in [-0.39, 0.29) is 6.61 Å². The van der Waals surface area contributed by atoms with Crippen molar-refractivity contribution in [2.75, 3.05) is 6.61 Å². The van der Waals surface area contributed by atoms with Crippen LogP contribution in [-0.2, 0) is 11.2 Å². The molecule has 4 nitrogen and oxygen atoms in total. The predicted molar refractivity (Wildman–Crippen MR) is 76.1 cm³/mol. The molecule has 0 aliphatic carbocycles. The van der Waals surface area contributed by atoms with Crippen LogP contribution in [0.1, 0.15) is 15.9 Å². The van der Waals surface area contributed by atoms with E-state index < -0.39 is 5.97 Å². The fourth-order valence-corrected chi connectivity index (χ4v) is 1.75. The molecule has 0 amide bonds. The Morgan fingerprint density at radius 3 is 2.20 bits per heavy atom. The lowest BCUT2D eigenvalue weighted by Crippen LogP contribution is -2.16. The average molecular weight is 269 g/mol. The summed E-state index contributed by atoms with van der Waals surface area (Å²) < 4.78 is 5.12. The van der Waals surface area contributed by atoms with Crippen molar-refractivity contribution >= 4 is 11.7 Å². The summed E-state index contributed by atoms with van der Waals surface area (Å²) in [5, 5.41) is 12.2. The van der Waals surface area contributed by atoms with Gasteiger partial charge in [0.05, 0.1) is 11.3 Å². The van der Waals surface area contributed by atoms with Gasteiger partial charge in [-0.15, -0.1) is 0 Å².